The van der Waals surface area contributed by atoms with E-state index < -0.39 is 0 Å². The molecule has 0 unspecified atom stereocenters. The Labute approximate surface area is 179 Å². The molecule has 2 heterocycles. The Bertz CT molecular complexity index is 1320. The van der Waals surface area contributed by atoms with Gasteiger partial charge in [-0.1, -0.05) is 31.5 Å². The molecule has 4 rings (SSSR count). The van der Waals surface area contributed by atoms with Gasteiger partial charge in [-0.05, 0) is 56.5 Å². The maximum Gasteiger partial charge on any atom is 0.267 e. The second-order valence-electron chi connectivity index (χ2n) is 7.35. The third-order valence-electron chi connectivity index (χ3n) is 5.18. The van der Waals surface area contributed by atoms with Crippen LogP contribution in [-0.2, 0) is 6.67 Å². The van der Waals surface area contributed by atoms with Crippen LogP contribution in [0.25, 0.3) is 22.4 Å². The highest BCUT2D eigenvalue weighted by Crippen LogP contribution is 2.20. The monoisotopic (exact) mass is 423 g/mol. The van der Waals surface area contributed by atoms with E-state index in [0.717, 1.165) is 24.9 Å². The van der Waals surface area contributed by atoms with Crippen LogP contribution in [0.1, 0.15) is 19.8 Å². The van der Waals surface area contributed by atoms with Gasteiger partial charge in [-0.15, -0.1) is 5.10 Å². The van der Waals surface area contributed by atoms with E-state index in [9.17, 15) is 4.79 Å². The molecule has 4 aromatic rings. The highest BCUT2D eigenvalue weighted by Gasteiger charge is 2.17. The smallest absolute Gasteiger partial charge is 0.267 e. The van der Waals surface area contributed by atoms with Crippen molar-refractivity contribution in [2.75, 3.05) is 20.7 Å². The number of rotatable bonds is 7. The summed E-state index contributed by atoms with van der Waals surface area (Å²) in [6, 6.07) is 14.9. The lowest BCUT2D eigenvalue weighted by atomic mass is 10.2. The molecule has 0 aliphatic heterocycles. The number of aromatic nitrogens is 4. The zero-order valence-electron chi connectivity index (χ0n) is 17.4. The molecule has 0 saturated heterocycles. The van der Waals surface area contributed by atoms with Gasteiger partial charge in [0.1, 0.15) is 5.75 Å². The van der Waals surface area contributed by atoms with Crippen LogP contribution in [-0.4, -0.2) is 44.4 Å². The second-order valence-corrected chi connectivity index (χ2v) is 7.72. The van der Waals surface area contributed by atoms with E-state index in [1.165, 1.54) is 0 Å². The highest BCUT2D eigenvalue weighted by molar-refractivity contribution is 7.71. The average molecular weight is 424 g/mol. The van der Waals surface area contributed by atoms with Crippen molar-refractivity contribution in [3.63, 3.8) is 0 Å². The number of hydrogen-bond acceptors (Lipinski definition) is 5. The van der Waals surface area contributed by atoms with Gasteiger partial charge in [0, 0.05) is 6.07 Å². The SMILES string of the molecule is CCCCN(C)Cn1nc2n(-c3cccc(OC)c3)c(=O)c3ccccc3n2c1=S. The predicted octanol–water partition coefficient (Wildman–Crippen LogP) is 3.87. The number of ether oxygens (including phenoxy) is 1. The topological polar surface area (TPSA) is 56.7 Å². The molecule has 8 heteroatoms. The summed E-state index contributed by atoms with van der Waals surface area (Å²) in [6.45, 7) is 3.68. The zero-order valence-corrected chi connectivity index (χ0v) is 18.2. The maximum absolute atomic E-state index is 13.4. The molecule has 0 atom stereocenters. The molecule has 0 spiro atoms. The summed E-state index contributed by atoms with van der Waals surface area (Å²) in [6.07, 6.45) is 2.23. The Morgan fingerprint density at radius 1 is 1.17 bits per heavy atom. The first kappa shape index (κ1) is 20.3. The number of unbranched alkanes of at least 4 members (excludes halogenated alkanes) is 1. The van der Waals surface area contributed by atoms with Crippen molar-refractivity contribution in [1.29, 1.82) is 0 Å². The van der Waals surface area contributed by atoms with Crippen molar-refractivity contribution in [3.8, 4) is 11.4 Å². The molecule has 156 valence electrons. The maximum atomic E-state index is 13.4. The number of methoxy groups -OCH3 is 1. The summed E-state index contributed by atoms with van der Waals surface area (Å²) in [7, 11) is 3.66. The van der Waals surface area contributed by atoms with Gasteiger partial charge >= 0.3 is 0 Å². The lowest BCUT2D eigenvalue weighted by Gasteiger charge is -2.15. The predicted molar refractivity (Wildman–Crippen MR) is 121 cm³/mol. The Morgan fingerprint density at radius 3 is 2.73 bits per heavy atom. The molecular weight excluding hydrogens is 398 g/mol. The van der Waals surface area contributed by atoms with E-state index in [1.54, 1.807) is 16.4 Å². The van der Waals surface area contributed by atoms with Gasteiger partial charge < -0.3 is 4.74 Å². The average Bonchev–Trinajstić information content (AvgIpc) is 3.08. The molecule has 0 aliphatic carbocycles. The first-order chi connectivity index (χ1) is 14.5. The summed E-state index contributed by atoms with van der Waals surface area (Å²) in [5.41, 5.74) is 1.29. The Balaban J connectivity index is 2.00. The first-order valence-corrected chi connectivity index (χ1v) is 10.4. The van der Waals surface area contributed by atoms with Gasteiger partial charge in [0.05, 0.1) is 30.4 Å². The van der Waals surface area contributed by atoms with Crippen LogP contribution in [0.3, 0.4) is 0 Å². The molecule has 0 amide bonds. The molecule has 0 N–H and O–H groups in total. The third kappa shape index (κ3) is 3.53. The zero-order chi connectivity index (χ0) is 21.3. The molecule has 0 bridgehead atoms. The first-order valence-electron chi connectivity index (χ1n) is 10.0. The van der Waals surface area contributed by atoms with Crippen molar-refractivity contribution in [2.24, 2.45) is 0 Å². The standard InChI is InChI=1S/C22H25N5O2S/c1-4-5-13-24(2)15-25-22(30)27-19-12-7-6-11-18(19)20(28)26(21(27)23-25)16-9-8-10-17(14-16)29-3/h6-12,14H,4-5,13,15H2,1-3H3. The van der Waals surface area contributed by atoms with Gasteiger partial charge in [0.25, 0.3) is 5.56 Å². The van der Waals surface area contributed by atoms with E-state index in [1.807, 2.05) is 52.9 Å². The molecule has 0 fully saturated rings. The summed E-state index contributed by atoms with van der Waals surface area (Å²) >= 11 is 5.78. The lowest BCUT2D eigenvalue weighted by Crippen LogP contribution is -2.24. The van der Waals surface area contributed by atoms with E-state index in [0.29, 0.717) is 34.0 Å². The van der Waals surface area contributed by atoms with Crippen LogP contribution in [0.15, 0.2) is 53.3 Å². The number of para-hydroxylation sites is 1. The van der Waals surface area contributed by atoms with Gasteiger partial charge in [0.15, 0.2) is 0 Å². The van der Waals surface area contributed by atoms with Gasteiger partial charge in [0.2, 0.25) is 10.5 Å². The van der Waals surface area contributed by atoms with E-state index in [4.69, 9.17) is 22.1 Å². The third-order valence-corrected chi connectivity index (χ3v) is 5.57. The Morgan fingerprint density at radius 2 is 1.97 bits per heavy atom. The van der Waals surface area contributed by atoms with E-state index >= 15 is 0 Å². The normalized spacial score (nSPS) is 11.6. The molecule has 0 aliphatic rings. The summed E-state index contributed by atoms with van der Waals surface area (Å²) in [4.78, 5) is 15.6. The molecule has 0 radical (unpaired) electrons. The largest absolute Gasteiger partial charge is 0.497 e. The van der Waals surface area contributed by atoms with E-state index in [2.05, 4.69) is 18.9 Å². The number of fused-ring (bicyclic) bond motifs is 3. The molecule has 0 saturated carbocycles. The van der Waals surface area contributed by atoms with Crippen molar-refractivity contribution >= 4 is 28.9 Å². The number of benzene rings is 2. The van der Waals surface area contributed by atoms with Gasteiger partial charge in [-0.2, -0.15) is 0 Å². The second kappa shape index (κ2) is 8.41. The fraction of sp³-hybridized carbons (Fsp3) is 0.318. The van der Waals surface area contributed by atoms with Gasteiger partial charge in [-0.3, -0.25) is 14.1 Å². The fourth-order valence-electron chi connectivity index (χ4n) is 3.61. The lowest BCUT2D eigenvalue weighted by molar-refractivity contribution is 0.249. The number of hydrogen-bond donors (Lipinski definition) is 0. The Hall–Kier alpha value is -2.97. The fourth-order valence-corrected chi connectivity index (χ4v) is 3.89. The molecule has 2 aromatic heterocycles. The van der Waals surface area contributed by atoms with Crippen LogP contribution in [0.5, 0.6) is 5.75 Å². The van der Waals surface area contributed by atoms with Crippen molar-refractivity contribution in [1.82, 2.24) is 23.6 Å². The van der Waals surface area contributed by atoms with Crippen LogP contribution in [0.4, 0.5) is 0 Å². The Kier molecular flexibility index (Phi) is 5.69. The minimum atomic E-state index is -0.141. The van der Waals surface area contributed by atoms with Crippen LogP contribution >= 0.6 is 12.2 Å². The minimum Gasteiger partial charge on any atom is -0.497 e. The molecule has 7 nitrogen and oxygen atoms in total. The van der Waals surface area contributed by atoms with Crippen molar-refractivity contribution in [2.45, 2.75) is 26.4 Å². The van der Waals surface area contributed by atoms with Crippen LogP contribution in [0.2, 0.25) is 0 Å². The quantitative estimate of drug-likeness (QED) is 0.423. The summed E-state index contributed by atoms with van der Waals surface area (Å²) in [5, 5.41) is 5.34. The van der Waals surface area contributed by atoms with Crippen LogP contribution < -0.4 is 10.3 Å². The summed E-state index contributed by atoms with van der Waals surface area (Å²) < 4.78 is 11.2. The molecule has 30 heavy (non-hydrogen) atoms. The van der Waals surface area contributed by atoms with E-state index in [-0.39, 0.29) is 5.56 Å². The highest BCUT2D eigenvalue weighted by atomic mass is 32.1. The minimum absolute atomic E-state index is 0.141. The summed E-state index contributed by atoms with van der Waals surface area (Å²) in [5.74, 6) is 1.16. The van der Waals surface area contributed by atoms with Crippen molar-refractivity contribution in [3.05, 3.63) is 63.7 Å². The van der Waals surface area contributed by atoms with Crippen LogP contribution in [0, 0.1) is 4.77 Å². The van der Waals surface area contributed by atoms with Gasteiger partial charge in [-0.25, -0.2) is 9.25 Å². The van der Waals surface area contributed by atoms with Crippen molar-refractivity contribution < 1.29 is 4.74 Å². The molecular formula is C22H25N5O2S. The number of nitrogens with zero attached hydrogens (tertiary/aromatic N) is 5. The molecule has 2 aromatic carbocycles.